The van der Waals surface area contributed by atoms with Gasteiger partial charge in [0, 0.05) is 24.6 Å². The summed E-state index contributed by atoms with van der Waals surface area (Å²) in [6.07, 6.45) is 2.12. The molecule has 0 heterocycles. The van der Waals surface area contributed by atoms with Crippen molar-refractivity contribution in [1.29, 1.82) is 0 Å². The molecule has 0 spiro atoms. The lowest BCUT2D eigenvalue weighted by Crippen LogP contribution is -2.21. The molecule has 0 aliphatic heterocycles. The van der Waals surface area contributed by atoms with Gasteiger partial charge in [0.1, 0.15) is 0 Å². The fourth-order valence-electron chi connectivity index (χ4n) is 2.05. The summed E-state index contributed by atoms with van der Waals surface area (Å²) in [6, 6.07) is 16.8. The Morgan fingerprint density at radius 3 is 2.35 bits per heavy atom. The van der Waals surface area contributed by atoms with Gasteiger partial charge in [0.15, 0.2) is 0 Å². The lowest BCUT2D eigenvalue weighted by Gasteiger charge is -2.18. The minimum absolute atomic E-state index is 0.0446. The maximum Gasteiger partial charge on any atom is 0.269 e. The van der Waals surface area contributed by atoms with Crippen LogP contribution in [0.2, 0.25) is 0 Å². The van der Waals surface area contributed by atoms with Crippen molar-refractivity contribution in [2.45, 2.75) is 13.0 Å². The van der Waals surface area contributed by atoms with Crippen LogP contribution in [0, 0.1) is 16.5 Å². The molecule has 103 valence electrons. The minimum Gasteiger partial charge on any atom is -0.310 e. The van der Waals surface area contributed by atoms with Crippen LogP contribution in [0.5, 0.6) is 0 Å². The van der Waals surface area contributed by atoms with Crippen LogP contribution in [0.1, 0.15) is 24.1 Å². The van der Waals surface area contributed by atoms with Crippen LogP contribution in [-0.2, 0) is 0 Å². The van der Waals surface area contributed by atoms with E-state index >= 15 is 0 Å². The van der Waals surface area contributed by atoms with E-state index in [1.807, 2.05) is 37.3 Å². The Hall–Kier alpha value is -2.20. The summed E-state index contributed by atoms with van der Waals surface area (Å²) < 4.78 is 0. The summed E-state index contributed by atoms with van der Waals surface area (Å²) >= 11 is 0. The van der Waals surface area contributed by atoms with Gasteiger partial charge in [-0.25, -0.2) is 0 Å². The number of rotatable bonds is 6. The Morgan fingerprint density at radius 2 is 1.80 bits per heavy atom. The zero-order valence-electron chi connectivity index (χ0n) is 11.3. The number of likely N-dealkylation sites (N-methyl/N-ethyl adjacent to an activating group) is 1. The number of nitrogens with one attached hydrogen (secondary N) is 1. The zero-order valence-corrected chi connectivity index (χ0v) is 11.3. The van der Waals surface area contributed by atoms with Gasteiger partial charge in [0.2, 0.25) is 0 Å². The highest BCUT2D eigenvalue weighted by atomic mass is 16.6. The molecule has 2 aromatic carbocycles. The van der Waals surface area contributed by atoms with Crippen molar-refractivity contribution in [2.24, 2.45) is 0 Å². The highest BCUT2D eigenvalue weighted by Crippen LogP contribution is 2.22. The van der Waals surface area contributed by atoms with E-state index in [1.54, 1.807) is 24.3 Å². The first-order valence-electron chi connectivity index (χ1n) is 6.58. The highest BCUT2D eigenvalue weighted by molar-refractivity contribution is 5.37. The summed E-state index contributed by atoms with van der Waals surface area (Å²) in [5.74, 6) is 0. The Morgan fingerprint density at radius 1 is 1.15 bits per heavy atom. The van der Waals surface area contributed by atoms with E-state index in [1.165, 1.54) is 0 Å². The normalized spacial score (nSPS) is 12.1. The van der Waals surface area contributed by atoms with Crippen LogP contribution in [-0.4, -0.2) is 11.5 Å². The van der Waals surface area contributed by atoms with Gasteiger partial charge in [-0.05, 0) is 17.7 Å². The SMILES string of the molecule is CCN[C@H]([CH]c1ccccc1)c1ccc([N+](=O)[O-])cc1. The molecule has 4 heteroatoms. The third-order valence-corrected chi connectivity index (χ3v) is 3.05. The molecule has 1 atom stereocenters. The molecule has 20 heavy (non-hydrogen) atoms. The van der Waals surface area contributed by atoms with Gasteiger partial charge in [-0.1, -0.05) is 49.4 Å². The Bertz CT molecular complexity index is 552. The van der Waals surface area contributed by atoms with E-state index in [0.717, 1.165) is 17.7 Å². The van der Waals surface area contributed by atoms with Gasteiger partial charge in [-0.15, -0.1) is 0 Å². The Balaban J connectivity index is 2.17. The Kier molecular flexibility index (Phi) is 4.85. The molecule has 0 saturated carbocycles. The molecule has 0 bridgehead atoms. The maximum atomic E-state index is 10.7. The highest BCUT2D eigenvalue weighted by Gasteiger charge is 2.13. The van der Waals surface area contributed by atoms with Crippen molar-refractivity contribution in [2.75, 3.05) is 6.54 Å². The predicted molar refractivity (Wildman–Crippen MR) is 79.4 cm³/mol. The summed E-state index contributed by atoms with van der Waals surface area (Å²) in [7, 11) is 0. The van der Waals surface area contributed by atoms with E-state index in [0.29, 0.717) is 0 Å². The fraction of sp³-hybridized carbons (Fsp3) is 0.188. The zero-order chi connectivity index (χ0) is 14.4. The second-order valence-electron chi connectivity index (χ2n) is 4.46. The van der Waals surface area contributed by atoms with E-state index < -0.39 is 0 Å². The largest absolute Gasteiger partial charge is 0.310 e. The van der Waals surface area contributed by atoms with Crippen molar-refractivity contribution in [3.8, 4) is 0 Å². The van der Waals surface area contributed by atoms with Gasteiger partial charge in [0.25, 0.3) is 5.69 Å². The van der Waals surface area contributed by atoms with Crippen molar-refractivity contribution >= 4 is 5.69 Å². The van der Waals surface area contributed by atoms with E-state index in [2.05, 4.69) is 11.7 Å². The molecular weight excluding hydrogens is 252 g/mol. The van der Waals surface area contributed by atoms with Gasteiger partial charge in [-0.2, -0.15) is 0 Å². The lowest BCUT2D eigenvalue weighted by atomic mass is 9.98. The van der Waals surface area contributed by atoms with Crippen LogP contribution in [0.25, 0.3) is 0 Å². The average molecular weight is 269 g/mol. The lowest BCUT2D eigenvalue weighted by molar-refractivity contribution is -0.384. The second kappa shape index (κ2) is 6.82. The van der Waals surface area contributed by atoms with E-state index in [4.69, 9.17) is 0 Å². The molecule has 2 aromatic rings. The van der Waals surface area contributed by atoms with Crippen LogP contribution in [0.15, 0.2) is 54.6 Å². The number of benzene rings is 2. The van der Waals surface area contributed by atoms with Gasteiger partial charge < -0.3 is 5.32 Å². The topological polar surface area (TPSA) is 55.2 Å². The van der Waals surface area contributed by atoms with Gasteiger partial charge in [-0.3, -0.25) is 10.1 Å². The number of nitrogens with zero attached hydrogens (tertiary/aromatic N) is 1. The van der Waals surface area contributed by atoms with Crippen molar-refractivity contribution in [1.82, 2.24) is 5.32 Å². The molecular formula is C16H17N2O2. The van der Waals surface area contributed by atoms with Crippen LogP contribution >= 0.6 is 0 Å². The fourth-order valence-corrected chi connectivity index (χ4v) is 2.05. The third-order valence-electron chi connectivity index (χ3n) is 3.05. The second-order valence-corrected chi connectivity index (χ2v) is 4.46. The molecule has 0 unspecified atom stereocenters. The first kappa shape index (κ1) is 14.2. The molecule has 0 saturated heterocycles. The van der Waals surface area contributed by atoms with Gasteiger partial charge >= 0.3 is 0 Å². The predicted octanol–water partition coefficient (Wildman–Crippen LogP) is 3.50. The van der Waals surface area contributed by atoms with Crippen LogP contribution in [0.4, 0.5) is 5.69 Å². The number of nitro groups is 1. The molecule has 2 rings (SSSR count). The molecule has 0 aromatic heterocycles. The van der Waals surface area contributed by atoms with Crippen molar-refractivity contribution in [3.63, 3.8) is 0 Å². The quantitative estimate of drug-likeness (QED) is 0.645. The molecule has 0 amide bonds. The molecule has 1 N–H and O–H groups in total. The average Bonchev–Trinajstić information content (AvgIpc) is 2.48. The molecule has 0 aliphatic carbocycles. The summed E-state index contributed by atoms with van der Waals surface area (Å²) in [4.78, 5) is 10.3. The van der Waals surface area contributed by atoms with E-state index in [9.17, 15) is 10.1 Å². The number of non-ortho nitro benzene ring substituents is 1. The number of hydrogen-bond donors (Lipinski definition) is 1. The minimum atomic E-state index is -0.382. The van der Waals surface area contributed by atoms with Crippen molar-refractivity contribution < 1.29 is 4.92 Å². The number of nitro benzene ring substituents is 1. The van der Waals surface area contributed by atoms with Crippen LogP contribution in [0.3, 0.4) is 0 Å². The van der Waals surface area contributed by atoms with E-state index in [-0.39, 0.29) is 16.7 Å². The summed E-state index contributed by atoms with van der Waals surface area (Å²) in [5.41, 5.74) is 2.25. The monoisotopic (exact) mass is 269 g/mol. The molecule has 0 aliphatic rings. The van der Waals surface area contributed by atoms with Gasteiger partial charge in [0.05, 0.1) is 4.92 Å². The Labute approximate surface area is 118 Å². The van der Waals surface area contributed by atoms with Crippen molar-refractivity contribution in [3.05, 3.63) is 82.3 Å². The molecule has 4 nitrogen and oxygen atoms in total. The maximum absolute atomic E-state index is 10.7. The third kappa shape index (κ3) is 3.65. The standard InChI is InChI=1S/C16H17N2O2/c1-2-17-16(12-13-6-4-3-5-7-13)14-8-10-15(11-9-14)18(19)20/h3-12,16-17H,2H2,1H3/t16-/m1/s1. The first-order chi connectivity index (χ1) is 9.70. The number of hydrogen-bond acceptors (Lipinski definition) is 3. The molecule has 1 radical (unpaired) electrons. The summed E-state index contributed by atoms with van der Waals surface area (Å²) in [6.45, 7) is 2.86. The summed E-state index contributed by atoms with van der Waals surface area (Å²) in [5, 5.41) is 14.1. The molecule has 0 fully saturated rings. The smallest absolute Gasteiger partial charge is 0.269 e. The van der Waals surface area contributed by atoms with Crippen LogP contribution < -0.4 is 5.32 Å². The first-order valence-corrected chi connectivity index (χ1v) is 6.58.